The van der Waals surface area contributed by atoms with Crippen molar-refractivity contribution in [3.8, 4) is 0 Å². The fraction of sp³-hybridized carbons (Fsp3) is 0.571. The van der Waals surface area contributed by atoms with Gasteiger partial charge in [-0.05, 0) is 62.9 Å². The first kappa shape index (κ1) is 35.4. The van der Waals surface area contributed by atoms with E-state index in [4.69, 9.17) is 5.73 Å². The first-order chi connectivity index (χ1) is 23.2. The molecule has 0 bridgehead atoms. The van der Waals surface area contributed by atoms with E-state index in [2.05, 4.69) is 73.5 Å². The van der Waals surface area contributed by atoms with E-state index < -0.39 is 12.6 Å². The summed E-state index contributed by atoms with van der Waals surface area (Å²) in [5, 5.41) is 5.36. The molecule has 0 unspecified atom stereocenters. The van der Waals surface area contributed by atoms with Gasteiger partial charge >= 0.3 is 6.18 Å². The number of fused-ring (bicyclic) bond motifs is 2. The number of thiophene rings is 1. The van der Waals surface area contributed by atoms with Crippen LogP contribution in [-0.4, -0.2) is 118 Å². The first-order valence-corrected chi connectivity index (χ1v) is 17.9. The predicted molar refractivity (Wildman–Crippen MR) is 191 cm³/mol. The summed E-state index contributed by atoms with van der Waals surface area (Å²) in [6.45, 7) is 14.5. The van der Waals surface area contributed by atoms with Gasteiger partial charge in [0.2, 0.25) is 11.9 Å². The molecular weight excluding hydrogens is 652 g/mol. The van der Waals surface area contributed by atoms with Crippen LogP contribution in [0.3, 0.4) is 0 Å². The van der Waals surface area contributed by atoms with Crippen LogP contribution >= 0.6 is 11.3 Å². The second-order valence-electron chi connectivity index (χ2n) is 14.0. The van der Waals surface area contributed by atoms with E-state index in [0.717, 1.165) is 76.5 Å². The van der Waals surface area contributed by atoms with Crippen LogP contribution in [0.4, 0.5) is 24.9 Å². The summed E-state index contributed by atoms with van der Waals surface area (Å²) in [5.41, 5.74) is 11.1. The van der Waals surface area contributed by atoms with Gasteiger partial charge in [0.15, 0.2) is 0 Å². The molecule has 49 heavy (non-hydrogen) atoms. The topological polar surface area (TPSA) is 98.8 Å². The number of nitrogens with two attached hydrogens (primary N) is 1. The highest BCUT2D eigenvalue weighted by Gasteiger charge is 2.30. The molecule has 266 valence electrons. The molecule has 5 heterocycles. The average molecular weight is 700 g/mol. The zero-order valence-corrected chi connectivity index (χ0v) is 29.9. The lowest BCUT2D eigenvalue weighted by Gasteiger charge is -2.38. The van der Waals surface area contributed by atoms with Crippen molar-refractivity contribution in [2.45, 2.75) is 71.4 Å². The molecule has 1 amide bonds. The van der Waals surface area contributed by atoms with Gasteiger partial charge in [-0.3, -0.25) is 19.5 Å². The number of nitrogens with one attached hydrogen (secondary N) is 1. The van der Waals surface area contributed by atoms with E-state index in [9.17, 15) is 18.0 Å². The van der Waals surface area contributed by atoms with Crippen LogP contribution in [0.25, 0.3) is 21.1 Å². The van der Waals surface area contributed by atoms with Gasteiger partial charge in [-0.15, -0.1) is 11.3 Å². The molecule has 10 nitrogen and oxygen atoms in total. The SMILES string of the molecule is Cc1c(CN2CCC(Nc3nc(N)nc4sc(CC(F)(F)F)cc34)CC2)ccc2c1cc(C)n2C[C@H](C)N1CCN(CC(=O)N(C)C)CC1. The second-order valence-corrected chi connectivity index (χ2v) is 15.1. The Kier molecular flexibility index (Phi) is 10.4. The number of carbonyl (C=O) groups is 1. The van der Waals surface area contributed by atoms with Gasteiger partial charge in [-0.2, -0.15) is 18.2 Å². The lowest BCUT2D eigenvalue weighted by molar-refractivity contribution is -0.130. The number of aromatic nitrogens is 3. The van der Waals surface area contributed by atoms with Gasteiger partial charge in [0, 0.05) is 100 Å². The largest absolute Gasteiger partial charge is 0.393 e. The maximum Gasteiger partial charge on any atom is 0.393 e. The van der Waals surface area contributed by atoms with Crippen molar-refractivity contribution in [3.05, 3.63) is 46.0 Å². The van der Waals surface area contributed by atoms with Gasteiger partial charge in [-0.25, -0.2) is 4.98 Å². The molecule has 4 aromatic rings. The standard InChI is InChI=1S/C35H48F3N9OS/c1-22-16-28-24(3)25(6-7-30(28)47(22)19-23(2)46-14-12-45(13-15-46)21-31(48)43(4)5)20-44-10-8-26(9-11-44)40-32-29-17-27(18-35(36,37)38)49-33(29)42-34(39)41-32/h6-7,16-17,23,26H,8-15,18-21H2,1-5H3,(H3,39,40,41,42)/t23-/m0/s1. The molecular formula is C35H48F3N9OS. The zero-order chi connectivity index (χ0) is 35.0. The maximum absolute atomic E-state index is 13.0. The summed E-state index contributed by atoms with van der Waals surface area (Å²) in [4.78, 5) is 30.3. The predicted octanol–water partition coefficient (Wildman–Crippen LogP) is 5.12. The van der Waals surface area contributed by atoms with E-state index in [0.29, 0.717) is 28.6 Å². The summed E-state index contributed by atoms with van der Waals surface area (Å²) in [7, 11) is 3.62. The number of piperazine rings is 1. The van der Waals surface area contributed by atoms with Crippen LogP contribution in [0.5, 0.6) is 0 Å². The van der Waals surface area contributed by atoms with Crippen molar-refractivity contribution < 1.29 is 18.0 Å². The van der Waals surface area contributed by atoms with Crippen LogP contribution in [0.15, 0.2) is 24.3 Å². The van der Waals surface area contributed by atoms with Crippen molar-refractivity contribution in [1.82, 2.24) is 34.1 Å². The molecule has 2 saturated heterocycles. The molecule has 2 aliphatic rings. The summed E-state index contributed by atoms with van der Waals surface area (Å²) in [6, 6.07) is 8.93. The number of nitrogens with zero attached hydrogens (tertiary/aromatic N) is 7. The summed E-state index contributed by atoms with van der Waals surface area (Å²) < 4.78 is 41.5. The van der Waals surface area contributed by atoms with E-state index in [1.165, 1.54) is 33.8 Å². The van der Waals surface area contributed by atoms with E-state index in [1.807, 2.05) is 14.1 Å². The van der Waals surface area contributed by atoms with E-state index in [1.54, 1.807) is 4.90 Å². The molecule has 1 aromatic carbocycles. The van der Waals surface area contributed by atoms with Crippen molar-refractivity contribution in [2.24, 2.45) is 0 Å². The zero-order valence-electron chi connectivity index (χ0n) is 29.1. The minimum Gasteiger partial charge on any atom is -0.368 e. The maximum atomic E-state index is 13.0. The Balaban J connectivity index is 1.05. The van der Waals surface area contributed by atoms with Crippen LogP contribution < -0.4 is 11.1 Å². The number of rotatable bonds is 10. The number of carbonyl (C=O) groups excluding carboxylic acids is 1. The Morgan fingerprint density at radius 1 is 1.04 bits per heavy atom. The Hall–Kier alpha value is -3.46. The number of likely N-dealkylation sites (tertiary alicyclic amines) is 1. The Labute approximate surface area is 290 Å². The van der Waals surface area contributed by atoms with Crippen LogP contribution in [0, 0.1) is 13.8 Å². The minimum atomic E-state index is -4.28. The van der Waals surface area contributed by atoms with Crippen molar-refractivity contribution >= 4 is 50.1 Å². The smallest absolute Gasteiger partial charge is 0.368 e. The third-order valence-electron chi connectivity index (χ3n) is 10.2. The molecule has 2 aliphatic heterocycles. The normalized spacial score (nSPS) is 18.0. The van der Waals surface area contributed by atoms with Gasteiger partial charge in [0.05, 0.1) is 18.4 Å². The molecule has 0 aliphatic carbocycles. The van der Waals surface area contributed by atoms with Crippen molar-refractivity contribution in [1.29, 1.82) is 0 Å². The number of anilines is 2. The highest BCUT2D eigenvalue weighted by Crippen LogP contribution is 2.34. The third kappa shape index (κ3) is 8.30. The summed E-state index contributed by atoms with van der Waals surface area (Å²) in [6.07, 6.45) is -3.49. The molecule has 0 spiro atoms. The average Bonchev–Trinajstić information content (AvgIpc) is 3.58. The van der Waals surface area contributed by atoms with Crippen molar-refractivity contribution in [3.63, 3.8) is 0 Å². The van der Waals surface area contributed by atoms with Crippen LogP contribution in [0.2, 0.25) is 0 Å². The molecule has 1 atom stereocenters. The van der Waals surface area contributed by atoms with Crippen LogP contribution in [0.1, 0.15) is 41.5 Å². The number of nitrogen functional groups attached to an aromatic ring is 1. The molecule has 3 N–H and O–H groups in total. The summed E-state index contributed by atoms with van der Waals surface area (Å²) in [5.74, 6) is 0.729. The summed E-state index contributed by atoms with van der Waals surface area (Å²) >= 11 is 1.02. The van der Waals surface area contributed by atoms with Gasteiger partial charge in [-0.1, -0.05) is 6.07 Å². The fourth-order valence-corrected chi connectivity index (χ4v) is 8.26. The number of amides is 1. The highest BCUT2D eigenvalue weighted by molar-refractivity contribution is 7.18. The number of benzene rings is 1. The van der Waals surface area contributed by atoms with E-state index >= 15 is 0 Å². The third-order valence-corrected chi connectivity index (χ3v) is 11.2. The number of aryl methyl sites for hydroxylation is 2. The first-order valence-electron chi connectivity index (χ1n) is 17.1. The molecule has 14 heteroatoms. The number of likely N-dealkylation sites (N-methyl/N-ethyl adjacent to an activating group) is 1. The molecule has 6 rings (SSSR count). The van der Waals surface area contributed by atoms with Crippen molar-refractivity contribution in [2.75, 3.05) is 71.0 Å². The number of halogens is 3. The Morgan fingerprint density at radius 3 is 2.43 bits per heavy atom. The Bertz CT molecular complexity index is 1790. The van der Waals surface area contributed by atoms with Crippen LogP contribution in [-0.2, 0) is 24.3 Å². The second kappa shape index (κ2) is 14.4. The lowest BCUT2D eigenvalue weighted by Crippen LogP contribution is -2.52. The molecule has 0 radical (unpaired) electrons. The van der Waals surface area contributed by atoms with E-state index in [-0.39, 0.29) is 22.8 Å². The number of alkyl halides is 3. The molecule has 0 saturated carbocycles. The van der Waals surface area contributed by atoms with Gasteiger partial charge < -0.3 is 20.5 Å². The minimum absolute atomic E-state index is 0.0602. The highest BCUT2D eigenvalue weighted by atomic mass is 32.1. The Morgan fingerprint density at radius 2 is 1.76 bits per heavy atom. The lowest BCUT2D eigenvalue weighted by atomic mass is 10.0. The number of hydrogen-bond donors (Lipinski definition) is 2. The van der Waals surface area contributed by atoms with Gasteiger partial charge in [0.1, 0.15) is 10.6 Å². The van der Waals surface area contributed by atoms with Gasteiger partial charge in [0.25, 0.3) is 0 Å². The number of piperidine rings is 1. The number of hydrogen-bond acceptors (Lipinski definition) is 9. The monoisotopic (exact) mass is 699 g/mol. The molecule has 3 aromatic heterocycles. The quantitative estimate of drug-likeness (QED) is 0.236. The fourth-order valence-electron chi connectivity index (χ4n) is 7.19. The molecule has 2 fully saturated rings.